The number of hydrogen-bond acceptors (Lipinski definition) is 3. The molecule has 0 saturated carbocycles. The topological polar surface area (TPSA) is 65.7 Å². The van der Waals surface area contributed by atoms with Gasteiger partial charge >= 0.3 is 6.18 Å². The molecule has 0 unspecified atom stereocenters. The minimum absolute atomic E-state index is 0.180. The van der Waals surface area contributed by atoms with Crippen LogP contribution in [0, 0.1) is 13.8 Å². The van der Waals surface area contributed by atoms with E-state index in [0.29, 0.717) is 25.1 Å². The van der Waals surface area contributed by atoms with Gasteiger partial charge in [-0.3, -0.25) is 4.79 Å². The maximum Gasteiger partial charge on any atom is 0.406 e. The zero-order chi connectivity index (χ0) is 17.4. The third-order valence-electron chi connectivity index (χ3n) is 4.57. The average molecular weight is 334 g/mol. The molecule has 0 radical (unpaired) electrons. The molecule has 1 aromatic heterocycles. The zero-order valence-electron chi connectivity index (χ0n) is 13.2. The van der Waals surface area contributed by atoms with Crippen LogP contribution < -0.4 is 0 Å². The Morgan fingerprint density at radius 3 is 2.43 bits per heavy atom. The third-order valence-corrected chi connectivity index (χ3v) is 4.57. The van der Waals surface area contributed by atoms with Gasteiger partial charge in [-0.1, -0.05) is 0 Å². The van der Waals surface area contributed by atoms with E-state index < -0.39 is 24.2 Å². The highest BCUT2D eigenvalue weighted by molar-refractivity contribution is 5.96. The molecule has 1 aliphatic rings. The third kappa shape index (κ3) is 3.23. The highest BCUT2D eigenvalue weighted by atomic mass is 19.4. The van der Waals surface area contributed by atoms with Gasteiger partial charge in [-0.05, 0) is 32.8 Å². The first kappa shape index (κ1) is 17.8. The second kappa shape index (κ2) is 6.16. The Balaban J connectivity index is 2.36. The Labute approximate surface area is 132 Å². The number of hydrogen-bond donors (Lipinski definition) is 2. The monoisotopic (exact) mass is 334 g/mol. The predicted molar refractivity (Wildman–Crippen MR) is 77.1 cm³/mol. The Hall–Kier alpha value is -1.54. The highest BCUT2D eigenvalue weighted by Gasteiger charge is 2.43. The van der Waals surface area contributed by atoms with Crippen LogP contribution in [0.1, 0.15) is 34.6 Å². The van der Waals surface area contributed by atoms with Gasteiger partial charge in [0.05, 0.1) is 24.3 Å². The number of aryl methyl sites for hydroxylation is 1. The van der Waals surface area contributed by atoms with Gasteiger partial charge in [-0.2, -0.15) is 13.2 Å². The summed E-state index contributed by atoms with van der Waals surface area (Å²) in [6, 6.07) is 1.43. The molecule has 1 aromatic rings. The summed E-state index contributed by atoms with van der Waals surface area (Å²) in [6.45, 7) is 1.45. The molecule has 0 spiro atoms. The lowest BCUT2D eigenvalue weighted by atomic mass is 9.98. The smallest absolute Gasteiger partial charge is 0.394 e. The number of alkyl halides is 3. The fraction of sp³-hybridized carbons (Fsp3) is 0.667. The van der Waals surface area contributed by atoms with Crippen LogP contribution in [0.2, 0.25) is 0 Å². The number of carbonyl (C=O) groups is 1. The summed E-state index contributed by atoms with van der Waals surface area (Å²) in [7, 11) is 0. The summed E-state index contributed by atoms with van der Waals surface area (Å²) in [4.78, 5) is 14.1. The number of rotatable bonds is 4. The van der Waals surface area contributed by atoms with Crippen LogP contribution in [-0.4, -0.2) is 57.1 Å². The predicted octanol–water partition coefficient (Wildman–Crippen LogP) is 1.63. The summed E-state index contributed by atoms with van der Waals surface area (Å²) < 4.78 is 39.0. The molecule has 0 aliphatic carbocycles. The first-order chi connectivity index (χ1) is 10.6. The van der Waals surface area contributed by atoms with Crippen molar-refractivity contribution in [1.82, 2.24) is 9.47 Å². The molecule has 5 nitrogen and oxygen atoms in total. The molecular weight excluding hydrogens is 313 g/mol. The molecule has 2 N–H and O–H groups in total. The molecule has 8 heteroatoms. The quantitative estimate of drug-likeness (QED) is 0.879. The Kier molecular flexibility index (Phi) is 4.77. The van der Waals surface area contributed by atoms with E-state index in [0.717, 1.165) is 4.57 Å². The van der Waals surface area contributed by atoms with Crippen LogP contribution in [0.15, 0.2) is 6.07 Å². The summed E-state index contributed by atoms with van der Waals surface area (Å²) in [6.07, 6.45) is -3.27. The Morgan fingerprint density at radius 2 is 1.91 bits per heavy atom. The van der Waals surface area contributed by atoms with Crippen LogP contribution in [0.4, 0.5) is 13.2 Å². The van der Waals surface area contributed by atoms with Crippen LogP contribution in [0.25, 0.3) is 0 Å². The van der Waals surface area contributed by atoms with Crippen LogP contribution >= 0.6 is 0 Å². The van der Waals surface area contributed by atoms with Crippen LogP contribution in [0.3, 0.4) is 0 Å². The van der Waals surface area contributed by atoms with E-state index >= 15 is 0 Å². The van der Waals surface area contributed by atoms with E-state index in [1.165, 1.54) is 24.8 Å². The summed E-state index contributed by atoms with van der Waals surface area (Å²) in [5.74, 6) is -0.452. The van der Waals surface area contributed by atoms with Gasteiger partial charge in [-0.15, -0.1) is 0 Å². The van der Waals surface area contributed by atoms with Crippen molar-refractivity contribution in [3.05, 3.63) is 23.0 Å². The van der Waals surface area contributed by atoms with Gasteiger partial charge in [0, 0.05) is 17.9 Å². The highest BCUT2D eigenvalue weighted by Crippen LogP contribution is 2.32. The number of amides is 1. The molecule has 23 heavy (non-hydrogen) atoms. The first-order valence-electron chi connectivity index (χ1n) is 7.42. The molecule has 0 atom stereocenters. The van der Waals surface area contributed by atoms with Gasteiger partial charge in [0.2, 0.25) is 0 Å². The molecule has 0 aromatic carbocycles. The van der Waals surface area contributed by atoms with Gasteiger partial charge in [0.15, 0.2) is 0 Å². The van der Waals surface area contributed by atoms with Crippen molar-refractivity contribution in [2.75, 3.05) is 19.8 Å². The van der Waals surface area contributed by atoms with E-state index in [1.807, 2.05) is 0 Å². The largest absolute Gasteiger partial charge is 0.406 e. The number of aliphatic hydroxyl groups excluding tert-OH is 2. The van der Waals surface area contributed by atoms with Gasteiger partial charge < -0.3 is 19.7 Å². The van der Waals surface area contributed by atoms with Crippen molar-refractivity contribution in [2.45, 2.75) is 44.9 Å². The fourth-order valence-electron chi connectivity index (χ4n) is 3.22. The SMILES string of the molecule is Cc1cc(C(=O)N2CCCC2(CO)CO)c(C)n1CC(F)(F)F. The number of carbonyl (C=O) groups excluding carboxylic acids is 1. The Bertz CT molecular complexity index is 592. The lowest BCUT2D eigenvalue weighted by Crippen LogP contribution is -2.52. The second-order valence-corrected chi connectivity index (χ2v) is 6.09. The van der Waals surface area contributed by atoms with Crippen LogP contribution in [0.5, 0.6) is 0 Å². The first-order valence-corrected chi connectivity index (χ1v) is 7.42. The molecule has 2 rings (SSSR count). The van der Waals surface area contributed by atoms with E-state index in [1.54, 1.807) is 0 Å². The second-order valence-electron chi connectivity index (χ2n) is 6.09. The van der Waals surface area contributed by atoms with Crippen molar-refractivity contribution in [3.63, 3.8) is 0 Å². The van der Waals surface area contributed by atoms with E-state index in [9.17, 15) is 28.2 Å². The van der Waals surface area contributed by atoms with Crippen molar-refractivity contribution < 1.29 is 28.2 Å². The van der Waals surface area contributed by atoms with Crippen molar-refractivity contribution in [1.29, 1.82) is 0 Å². The van der Waals surface area contributed by atoms with Crippen molar-refractivity contribution >= 4 is 5.91 Å². The van der Waals surface area contributed by atoms with E-state index in [4.69, 9.17) is 0 Å². The molecule has 0 bridgehead atoms. The number of aliphatic hydroxyl groups is 2. The Morgan fingerprint density at radius 1 is 1.30 bits per heavy atom. The molecule has 1 saturated heterocycles. The van der Waals surface area contributed by atoms with Gasteiger partial charge in [-0.25, -0.2) is 0 Å². The maximum atomic E-state index is 12.7. The standard InChI is InChI=1S/C15H21F3N2O3/c1-10-6-12(11(2)19(10)7-15(16,17)18)13(23)20-5-3-4-14(20,8-21)9-22/h6,21-22H,3-5,7-9H2,1-2H3. The molecule has 130 valence electrons. The molecule has 1 fully saturated rings. The van der Waals surface area contributed by atoms with Crippen molar-refractivity contribution in [2.24, 2.45) is 0 Å². The minimum atomic E-state index is -4.37. The number of likely N-dealkylation sites (tertiary alicyclic amines) is 1. The lowest BCUT2D eigenvalue weighted by molar-refractivity contribution is -0.141. The van der Waals surface area contributed by atoms with Crippen LogP contribution in [-0.2, 0) is 6.54 Å². The summed E-state index contributed by atoms with van der Waals surface area (Å²) in [5, 5.41) is 19.1. The molecular formula is C15H21F3N2O3. The van der Waals surface area contributed by atoms with E-state index in [2.05, 4.69) is 0 Å². The summed E-state index contributed by atoms with van der Waals surface area (Å²) in [5.41, 5.74) is -0.272. The van der Waals surface area contributed by atoms with Gasteiger partial charge in [0.25, 0.3) is 5.91 Å². The molecule has 1 aliphatic heterocycles. The maximum absolute atomic E-state index is 12.7. The zero-order valence-corrected chi connectivity index (χ0v) is 13.2. The normalized spacial score (nSPS) is 17.8. The van der Waals surface area contributed by atoms with E-state index in [-0.39, 0.29) is 24.5 Å². The van der Waals surface area contributed by atoms with Gasteiger partial charge in [0.1, 0.15) is 6.54 Å². The number of halogens is 3. The molecule has 2 heterocycles. The molecule has 1 amide bonds. The minimum Gasteiger partial charge on any atom is -0.394 e. The number of aromatic nitrogens is 1. The fourth-order valence-corrected chi connectivity index (χ4v) is 3.22. The summed E-state index contributed by atoms with van der Waals surface area (Å²) >= 11 is 0. The average Bonchev–Trinajstić information content (AvgIpc) is 3.02. The number of nitrogens with zero attached hydrogens (tertiary/aromatic N) is 2. The van der Waals surface area contributed by atoms with Crippen molar-refractivity contribution in [3.8, 4) is 0 Å². The lowest BCUT2D eigenvalue weighted by Gasteiger charge is -2.35.